The van der Waals surface area contributed by atoms with E-state index < -0.39 is 22.9 Å². The highest BCUT2D eigenvalue weighted by atomic mass is 35.5. The van der Waals surface area contributed by atoms with Gasteiger partial charge in [0.2, 0.25) is 11.3 Å². The molecule has 0 saturated heterocycles. The van der Waals surface area contributed by atoms with Crippen molar-refractivity contribution in [3.63, 3.8) is 0 Å². The van der Waals surface area contributed by atoms with Crippen LogP contribution in [0.2, 0.25) is 5.02 Å². The zero-order valence-corrected chi connectivity index (χ0v) is 19.6. The van der Waals surface area contributed by atoms with E-state index in [2.05, 4.69) is 5.32 Å². The minimum absolute atomic E-state index is 0.0104. The quantitative estimate of drug-likeness (QED) is 0.377. The van der Waals surface area contributed by atoms with E-state index in [9.17, 15) is 18.8 Å². The Labute approximate surface area is 204 Å². The normalized spacial score (nSPS) is 10.7. The molecule has 0 aliphatic heterocycles. The van der Waals surface area contributed by atoms with Crippen molar-refractivity contribution in [2.24, 2.45) is 0 Å². The van der Waals surface area contributed by atoms with E-state index in [1.165, 1.54) is 61.4 Å². The van der Waals surface area contributed by atoms with Crippen LogP contribution in [-0.2, 0) is 11.3 Å². The Morgan fingerprint density at radius 2 is 1.69 bits per heavy atom. The van der Waals surface area contributed by atoms with Gasteiger partial charge in [-0.05, 0) is 54.6 Å². The van der Waals surface area contributed by atoms with Gasteiger partial charge in [0.1, 0.15) is 12.4 Å². The summed E-state index contributed by atoms with van der Waals surface area (Å²) < 4.78 is 25.9. The smallest absolute Gasteiger partial charge is 0.244 e. The monoisotopic (exact) mass is 494 g/mol. The van der Waals surface area contributed by atoms with Gasteiger partial charge in [-0.25, -0.2) is 4.39 Å². The fourth-order valence-electron chi connectivity index (χ4n) is 3.69. The summed E-state index contributed by atoms with van der Waals surface area (Å²) in [6.45, 7) is -0.238. The second-order valence-corrected chi connectivity index (χ2v) is 8.05. The molecule has 35 heavy (non-hydrogen) atoms. The van der Waals surface area contributed by atoms with Crippen LogP contribution in [-0.4, -0.2) is 30.5 Å². The maximum absolute atomic E-state index is 14.0. The number of hydrogen-bond acceptors (Lipinski definition) is 5. The lowest BCUT2D eigenvalue weighted by Gasteiger charge is -2.14. The molecule has 0 bridgehead atoms. The first-order valence-corrected chi connectivity index (χ1v) is 10.8. The number of carbonyl (C=O) groups is 2. The first-order valence-electron chi connectivity index (χ1n) is 10.5. The number of pyridine rings is 1. The summed E-state index contributed by atoms with van der Waals surface area (Å²) in [4.78, 5) is 39.0. The predicted molar refractivity (Wildman–Crippen MR) is 131 cm³/mol. The van der Waals surface area contributed by atoms with Crippen LogP contribution in [0, 0.1) is 5.82 Å². The molecule has 1 heterocycles. The standard InChI is InChI=1S/C26H20ClFN2O5/c1-34-22-10-8-18(12-23(22)35-2)29-24(31)14-30-13-20(25(32)15-3-5-16(27)6-4-15)26(33)19-11-17(28)7-9-21(19)30/h3-13H,14H2,1-2H3,(H,29,31). The van der Waals surface area contributed by atoms with Crippen LogP contribution >= 0.6 is 11.6 Å². The number of ether oxygens (including phenoxy) is 2. The van der Waals surface area contributed by atoms with Crippen molar-refractivity contribution in [1.82, 2.24) is 4.57 Å². The Hall–Kier alpha value is -4.17. The summed E-state index contributed by atoms with van der Waals surface area (Å²) in [7, 11) is 2.98. The molecule has 1 N–H and O–H groups in total. The number of fused-ring (bicyclic) bond motifs is 1. The number of methoxy groups -OCH3 is 2. The minimum atomic E-state index is -0.632. The van der Waals surface area contributed by atoms with Gasteiger partial charge in [-0.15, -0.1) is 0 Å². The maximum Gasteiger partial charge on any atom is 0.244 e. The maximum atomic E-state index is 14.0. The lowest BCUT2D eigenvalue weighted by molar-refractivity contribution is -0.116. The first-order chi connectivity index (χ1) is 16.8. The lowest BCUT2D eigenvalue weighted by atomic mass is 10.0. The van der Waals surface area contributed by atoms with Crippen molar-refractivity contribution < 1.29 is 23.5 Å². The summed E-state index contributed by atoms with van der Waals surface area (Å²) in [5, 5.41) is 3.17. The topological polar surface area (TPSA) is 86.6 Å². The van der Waals surface area contributed by atoms with E-state index in [1.807, 2.05) is 0 Å². The van der Waals surface area contributed by atoms with Crippen LogP contribution in [0.1, 0.15) is 15.9 Å². The Morgan fingerprint density at radius 1 is 0.971 bits per heavy atom. The van der Waals surface area contributed by atoms with Crippen LogP contribution in [0.3, 0.4) is 0 Å². The third-order valence-corrected chi connectivity index (χ3v) is 5.63. The van der Waals surface area contributed by atoms with Crippen LogP contribution in [0.25, 0.3) is 10.9 Å². The van der Waals surface area contributed by atoms with Crippen LogP contribution in [0.4, 0.5) is 10.1 Å². The third-order valence-electron chi connectivity index (χ3n) is 5.37. The number of anilines is 1. The highest BCUT2D eigenvalue weighted by Crippen LogP contribution is 2.29. The number of rotatable bonds is 7. The molecular weight excluding hydrogens is 475 g/mol. The molecule has 0 spiro atoms. The fourth-order valence-corrected chi connectivity index (χ4v) is 3.81. The number of hydrogen-bond donors (Lipinski definition) is 1. The van der Waals surface area contributed by atoms with Crippen LogP contribution < -0.4 is 20.2 Å². The molecule has 0 fully saturated rings. The molecule has 0 atom stereocenters. The number of ketones is 1. The van der Waals surface area contributed by atoms with Crippen molar-refractivity contribution in [2.45, 2.75) is 6.54 Å². The number of amides is 1. The van der Waals surface area contributed by atoms with Crippen LogP contribution in [0.5, 0.6) is 11.5 Å². The van der Waals surface area contributed by atoms with Gasteiger partial charge in [0, 0.05) is 33.9 Å². The molecule has 0 saturated carbocycles. The molecule has 0 aliphatic rings. The van der Waals surface area contributed by atoms with Gasteiger partial charge >= 0.3 is 0 Å². The van der Waals surface area contributed by atoms with Crippen LogP contribution in [0.15, 0.2) is 71.7 Å². The molecule has 0 radical (unpaired) electrons. The average molecular weight is 495 g/mol. The molecule has 9 heteroatoms. The number of benzene rings is 3. The van der Waals surface area contributed by atoms with E-state index in [1.54, 1.807) is 18.2 Å². The summed E-state index contributed by atoms with van der Waals surface area (Å²) >= 11 is 5.90. The number of nitrogens with zero attached hydrogens (tertiary/aromatic N) is 1. The number of halogens is 2. The zero-order valence-electron chi connectivity index (χ0n) is 18.8. The van der Waals surface area contributed by atoms with Crippen molar-refractivity contribution in [2.75, 3.05) is 19.5 Å². The summed E-state index contributed by atoms with van der Waals surface area (Å²) in [5.41, 5.74) is 0.192. The molecule has 4 aromatic rings. The molecule has 0 unspecified atom stereocenters. The van der Waals surface area contributed by atoms with E-state index in [-0.39, 0.29) is 23.1 Å². The van der Waals surface area contributed by atoms with E-state index in [0.29, 0.717) is 27.7 Å². The van der Waals surface area contributed by atoms with E-state index in [0.717, 1.165) is 6.07 Å². The van der Waals surface area contributed by atoms with Gasteiger partial charge < -0.3 is 19.4 Å². The van der Waals surface area contributed by atoms with Gasteiger partial charge in [0.15, 0.2) is 17.3 Å². The van der Waals surface area contributed by atoms with E-state index in [4.69, 9.17) is 21.1 Å². The SMILES string of the molecule is COc1ccc(NC(=O)Cn2cc(C(=O)c3ccc(Cl)cc3)c(=O)c3cc(F)ccc32)cc1OC. The average Bonchev–Trinajstić information content (AvgIpc) is 2.85. The minimum Gasteiger partial charge on any atom is -0.493 e. The molecule has 7 nitrogen and oxygen atoms in total. The third kappa shape index (κ3) is 5.02. The Bertz CT molecular complexity index is 1500. The summed E-state index contributed by atoms with van der Waals surface area (Å²) in [6.07, 6.45) is 1.31. The highest BCUT2D eigenvalue weighted by molar-refractivity contribution is 6.30. The molecular formula is C26H20ClFN2O5. The van der Waals surface area contributed by atoms with Gasteiger partial charge in [0.05, 0.1) is 25.3 Å². The van der Waals surface area contributed by atoms with Crippen molar-refractivity contribution in [1.29, 1.82) is 0 Å². The number of nitrogens with one attached hydrogen (secondary N) is 1. The number of aromatic nitrogens is 1. The fraction of sp³-hybridized carbons (Fsp3) is 0.115. The lowest BCUT2D eigenvalue weighted by Crippen LogP contribution is -2.24. The molecule has 1 aromatic heterocycles. The summed E-state index contributed by atoms with van der Waals surface area (Å²) in [5.74, 6) is -0.690. The van der Waals surface area contributed by atoms with Crippen molar-refractivity contribution in [3.05, 3.63) is 99.1 Å². The molecule has 0 aliphatic carbocycles. The van der Waals surface area contributed by atoms with Gasteiger partial charge in [-0.2, -0.15) is 0 Å². The summed E-state index contributed by atoms with van der Waals surface area (Å²) in [6, 6.07) is 14.6. The number of carbonyl (C=O) groups excluding carboxylic acids is 2. The highest BCUT2D eigenvalue weighted by Gasteiger charge is 2.19. The zero-order chi connectivity index (χ0) is 25.1. The largest absolute Gasteiger partial charge is 0.493 e. The van der Waals surface area contributed by atoms with Gasteiger partial charge in [-0.1, -0.05) is 11.6 Å². The second-order valence-electron chi connectivity index (χ2n) is 7.62. The van der Waals surface area contributed by atoms with Crippen molar-refractivity contribution in [3.8, 4) is 11.5 Å². The molecule has 178 valence electrons. The molecule has 4 rings (SSSR count). The Morgan fingerprint density at radius 3 is 2.37 bits per heavy atom. The molecule has 3 aromatic carbocycles. The van der Waals surface area contributed by atoms with Crippen molar-refractivity contribution >= 4 is 39.9 Å². The second kappa shape index (κ2) is 9.99. The van der Waals surface area contributed by atoms with Gasteiger partial charge in [0.25, 0.3) is 0 Å². The first kappa shape index (κ1) is 24.0. The predicted octanol–water partition coefficient (Wildman–Crippen LogP) is 4.68. The Balaban J connectivity index is 1.72. The van der Waals surface area contributed by atoms with E-state index >= 15 is 0 Å². The van der Waals surface area contributed by atoms with Gasteiger partial charge in [-0.3, -0.25) is 14.4 Å². The molecule has 1 amide bonds. The Kier molecular flexibility index (Phi) is 6.84.